The van der Waals surface area contributed by atoms with Crippen LogP contribution >= 0.6 is 22.9 Å². The zero-order valence-electron chi connectivity index (χ0n) is 10.2. The van der Waals surface area contributed by atoms with Gasteiger partial charge in [-0.2, -0.15) is 0 Å². The lowest BCUT2D eigenvalue weighted by atomic mass is 10.1. The summed E-state index contributed by atoms with van der Waals surface area (Å²) >= 11 is 2.42. The summed E-state index contributed by atoms with van der Waals surface area (Å²) in [4.78, 5) is 2.52. The van der Waals surface area contributed by atoms with Crippen molar-refractivity contribution in [2.24, 2.45) is 0 Å². The van der Waals surface area contributed by atoms with E-state index in [1.165, 1.54) is 51.9 Å². The Morgan fingerprint density at radius 1 is 1.12 bits per heavy atom. The number of likely N-dealkylation sites (tertiary alicyclic amines) is 1. The topological polar surface area (TPSA) is 15.7 Å². The van der Waals surface area contributed by atoms with Gasteiger partial charge >= 0.3 is 0 Å². The molecule has 1 atom stereocenters. The number of ether oxygens (including phenoxy) is 1. The van der Waals surface area contributed by atoms with E-state index >= 15 is 0 Å². The first-order chi connectivity index (χ1) is 7.78. The summed E-state index contributed by atoms with van der Waals surface area (Å²) in [5.74, 6) is 0. The molecule has 2 saturated heterocycles. The smallest absolute Gasteiger partial charge is 0.0706 e. The third-order valence-electron chi connectivity index (χ3n) is 3.68. The first-order valence-electron chi connectivity index (χ1n) is 6.56. The summed E-state index contributed by atoms with van der Waals surface area (Å²) in [6.07, 6.45) is 6.02. The van der Waals surface area contributed by atoms with E-state index in [-0.39, 0.29) is 0 Å². The fourth-order valence-electron chi connectivity index (χ4n) is 2.64. The Balaban J connectivity index is 1.72. The van der Waals surface area contributed by atoms with E-state index in [9.17, 15) is 0 Å². The van der Waals surface area contributed by atoms with Gasteiger partial charge in [-0.15, -0.1) is 0 Å². The Morgan fingerprint density at radius 3 is 2.56 bits per heavy atom. The molecular weight excluding hydrogens is 315 g/mol. The second-order valence-electron chi connectivity index (χ2n) is 4.90. The zero-order valence-corrected chi connectivity index (χ0v) is 12.4. The van der Waals surface area contributed by atoms with Gasteiger partial charge in [0.25, 0.3) is 0 Å². The number of likely N-dealkylation sites (N-methyl/N-ethyl adjacent to an activating group) is 1. The molecule has 2 aliphatic heterocycles. The Hall–Kier alpha value is 0.610. The second-order valence-corrected chi connectivity index (χ2v) is 6.27. The van der Waals surface area contributed by atoms with Crippen LogP contribution in [0.2, 0.25) is 0 Å². The molecule has 4 heteroatoms. The van der Waals surface area contributed by atoms with Crippen molar-refractivity contribution in [3.8, 4) is 0 Å². The van der Waals surface area contributed by atoms with E-state index in [1.807, 2.05) is 0 Å². The van der Waals surface area contributed by atoms with E-state index in [4.69, 9.17) is 4.74 Å². The minimum absolute atomic E-state index is 0.500. The summed E-state index contributed by atoms with van der Waals surface area (Å²) < 4.78 is 8.61. The highest BCUT2D eigenvalue weighted by Gasteiger charge is 2.25. The molecule has 0 amide bonds. The Bertz CT molecular complexity index is 207. The average molecular weight is 338 g/mol. The molecule has 0 radical (unpaired) electrons. The molecule has 2 fully saturated rings. The summed E-state index contributed by atoms with van der Waals surface area (Å²) in [7, 11) is 0. The van der Waals surface area contributed by atoms with E-state index < -0.39 is 0 Å². The number of halogens is 1. The maximum atomic E-state index is 6.24. The van der Waals surface area contributed by atoms with Crippen molar-refractivity contribution in [3.63, 3.8) is 0 Å². The molecule has 0 aromatic heterocycles. The summed E-state index contributed by atoms with van der Waals surface area (Å²) in [6.45, 7) is 8.22. The molecule has 0 aromatic rings. The lowest BCUT2D eigenvalue weighted by Crippen LogP contribution is -2.42. The van der Waals surface area contributed by atoms with Crippen molar-refractivity contribution in [3.05, 3.63) is 0 Å². The van der Waals surface area contributed by atoms with Crippen LogP contribution in [-0.4, -0.2) is 52.9 Å². The van der Waals surface area contributed by atoms with Gasteiger partial charge in [0.15, 0.2) is 0 Å². The molecule has 0 N–H and O–H groups in total. The third kappa shape index (κ3) is 3.82. The molecular formula is C12H23IN2O. The lowest BCUT2D eigenvalue weighted by Gasteiger charge is -2.36. The number of nitrogens with zero attached hydrogens (tertiary/aromatic N) is 2. The van der Waals surface area contributed by atoms with Gasteiger partial charge in [-0.05, 0) is 38.8 Å². The maximum absolute atomic E-state index is 6.24. The molecule has 2 aliphatic rings. The Labute approximate surface area is 113 Å². The van der Waals surface area contributed by atoms with E-state index in [1.54, 1.807) is 0 Å². The van der Waals surface area contributed by atoms with Crippen LogP contribution in [0, 0.1) is 0 Å². The average Bonchev–Trinajstić information content (AvgIpc) is 2.32. The zero-order chi connectivity index (χ0) is 11.4. The third-order valence-corrected chi connectivity index (χ3v) is 4.65. The van der Waals surface area contributed by atoms with Crippen LogP contribution in [0.5, 0.6) is 0 Å². The molecule has 16 heavy (non-hydrogen) atoms. The van der Waals surface area contributed by atoms with Gasteiger partial charge in [-0.3, -0.25) is 0 Å². The number of hydrogen-bond acceptors (Lipinski definition) is 3. The first-order valence-corrected chi connectivity index (χ1v) is 7.53. The van der Waals surface area contributed by atoms with Crippen LogP contribution in [0.4, 0.5) is 0 Å². The molecule has 1 unspecified atom stereocenters. The first kappa shape index (κ1) is 13.1. The van der Waals surface area contributed by atoms with Crippen molar-refractivity contribution in [2.75, 3.05) is 32.7 Å². The maximum Gasteiger partial charge on any atom is 0.0706 e. The van der Waals surface area contributed by atoms with Gasteiger partial charge < -0.3 is 9.64 Å². The van der Waals surface area contributed by atoms with Crippen LogP contribution in [0.1, 0.15) is 32.6 Å². The number of hydrogen-bond donors (Lipinski definition) is 0. The van der Waals surface area contributed by atoms with Crippen molar-refractivity contribution in [2.45, 2.75) is 44.8 Å². The highest BCUT2D eigenvalue weighted by Crippen LogP contribution is 2.21. The van der Waals surface area contributed by atoms with Gasteiger partial charge in [0.1, 0.15) is 0 Å². The highest BCUT2D eigenvalue weighted by atomic mass is 127. The normalized spacial score (nSPS) is 30.8. The molecule has 3 nitrogen and oxygen atoms in total. The SMILES string of the molecule is CCN1CCCC(OC2CCN(I)CC2)C1. The minimum atomic E-state index is 0.500. The molecule has 0 aromatic carbocycles. The standard InChI is InChI=1S/C12H23IN2O/c1-2-14-7-3-4-12(10-14)16-11-5-8-15(13)9-6-11/h11-12H,2-10H2,1H3. The number of rotatable bonds is 3. The predicted octanol–water partition coefficient (Wildman–Crippen LogP) is 2.30. The lowest BCUT2D eigenvalue weighted by molar-refractivity contribution is -0.0612. The molecule has 94 valence electrons. The number of piperidine rings is 2. The van der Waals surface area contributed by atoms with Crippen molar-refractivity contribution < 1.29 is 4.74 Å². The van der Waals surface area contributed by atoms with Crippen LogP contribution in [-0.2, 0) is 4.74 Å². The van der Waals surface area contributed by atoms with Crippen LogP contribution in [0.25, 0.3) is 0 Å². The van der Waals surface area contributed by atoms with Gasteiger partial charge in [0.2, 0.25) is 0 Å². The predicted molar refractivity (Wildman–Crippen MR) is 74.8 cm³/mol. The highest BCUT2D eigenvalue weighted by molar-refractivity contribution is 14.1. The van der Waals surface area contributed by atoms with Crippen LogP contribution < -0.4 is 0 Å². The molecule has 0 aliphatic carbocycles. The summed E-state index contributed by atoms with van der Waals surface area (Å²) in [5, 5.41) is 0. The fourth-order valence-corrected chi connectivity index (χ4v) is 3.20. The monoisotopic (exact) mass is 338 g/mol. The van der Waals surface area contributed by atoms with Gasteiger partial charge in [0.05, 0.1) is 12.2 Å². The Morgan fingerprint density at radius 2 is 1.88 bits per heavy atom. The fraction of sp³-hybridized carbons (Fsp3) is 1.00. The second kappa shape index (κ2) is 6.52. The molecule has 0 spiro atoms. The van der Waals surface area contributed by atoms with Crippen LogP contribution in [0.3, 0.4) is 0 Å². The van der Waals surface area contributed by atoms with E-state index in [0.29, 0.717) is 12.2 Å². The largest absolute Gasteiger partial charge is 0.374 e. The summed E-state index contributed by atoms with van der Waals surface area (Å²) in [5.41, 5.74) is 0. The van der Waals surface area contributed by atoms with Crippen molar-refractivity contribution in [1.29, 1.82) is 0 Å². The molecule has 0 bridgehead atoms. The van der Waals surface area contributed by atoms with Gasteiger partial charge in [0, 0.05) is 42.5 Å². The Kier molecular flexibility index (Phi) is 5.32. The molecule has 2 heterocycles. The molecule has 2 rings (SSSR count). The quantitative estimate of drug-likeness (QED) is 0.580. The summed E-state index contributed by atoms with van der Waals surface area (Å²) in [6, 6.07) is 0. The van der Waals surface area contributed by atoms with Crippen molar-refractivity contribution >= 4 is 22.9 Å². The van der Waals surface area contributed by atoms with E-state index in [0.717, 1.165) is 6.54 Å². The molecule has 0 saturated carbocycles. The van der Waals surface area contributed by atoms with Crippen molar-refractivity contribution in [1.82, 2.24) is 8.01 Å². The minimum Gasteiger partial charge on any atom is -0.374 e. The van der Waals surface area contributed by atoms with Gasteiger partial charge in [-0.25, -0.2) is 3.11 Å². The van der Waals surface area contributed by atoms with E-state index in [2.05, 4.69) is 37.8 Å². The van der Waals surface area contributed by atoms with Gasteiger partial charge in [-0.1, -0.05) is 6.92 Å². The van der Waals surface area contributed by atoms with Crippen LogP contribution in [0.15, 0.2) is 0 Å².